The molecule has 7 nitrogen and oxygen atoms in total. The van der Waals surface area contributed by atoms with Gasteiger partial charge in [0.2, 0.25) is 0 Å². The summed E-state index contributed by atoms with van der Waals surface area (Å²) < 4.78 is 0. The Bertz CT molecular complexity index is 557. The highest BCUT2D eigenvalue weighted by atomic mass is 16.2. The van der Waals surface area contributed by atoms with E-state index in [9.17, 15) is 4.79 Å². The molecule has 0 fully saturated rings. The van der Waals surface area contributed by atoms with E-state index in [1.165, 1.54) is 12.4 Å². The number of aromatic nitrogens is 3. The van der Waals surface area contributed by atoms with Crippen LogP contribution in [0, 0.1) is 0 Å². The van der Waals surface area contributed by atoms with Crippen LogP contribution in [-0.4, -0.2) is 28.3 Å². The van der Waals surface area contributed by atoms with Crippen molar-refractivity contribution in [2.75, 3.05) is 17.7 Å². The van der Waals surface area contributed by atoms with Gasteiger partial charge in [0.05, 0.1) is 12.4 Å². The van der Waals surface area contributed by atoms with Crippen molar-refractivity contribution in [3.05, 3.63) is 42.2 Å². The molecule has 1 unspecified atom stereocenters. The molecule has 1 heterocycles. The van der Waals surface area contributed by atoms with Crippen LogP contribution in [0.1, 0.15) is 18.5 Å². The minimum atomic E-state index is -0.410. The van der Waals surface area contributed by atoms with Crippen LogP contribution in [0.3, 0.4) is 0 Å². The summed E-state index contributed by atoms with van der Waals surface area (Å²) in [7, 11) is 1.90. The van der Waals surface area contributed by atoms with Crippen LogP contribution in [0.15, 0.2) is 36.7 Å². The van der Waals surface area contributed by atoms with E-state index in [-0.39, 0.29) is 12.0 Å². The Hall–Kier alpha value is -2.54. The summed E-state index contributed by atoms with van der Waals surface area (Å²) in [6.07, 6.45) is 2.89. The second-order valence-corrected chi connectivity index (χ2v) is 4.18. The standard InChI is InChI=1S/C13H16N6O/c1-9(14-2)10-3-5-11(6-4-10)17-13(20)18-12-15-7-8-16-19-12/h3-9,14H,1-2H3,(H2,15,17,18,19,20). The fraction of sp³-hybridized carbons (Fsp3) is 0.231. The highest BCUT2D eigenvalue weighted by Crippen LogP contribution is 2.15. The molecule has 0 spiro atoms. The Balaban J connectivity index is 1.94. The molecule has 0 bridgehead atoms. The van der Waals surface area contributed by atoms with Gasteiger partial charge in [-0.1, -0.05) is 12.1 Å². The van der Waals surface area contributed by atoms with Crippen LogP contribution in [0.4, 0.5) is 16.4 Å². The van der Waals surface area contributed by atoms with Gasteiger partial charge in [0, 0.05) is 11.7 Å². The lowest BCUT2D eigenvalue weighted by Crippen LogP contribution is -2.21. The van der Waals surface area contributed by atoms with Gasteiger partial charge in [-0.25, -0.2) is 9.78 Å². The molecule has 0 aliphatic carbocycles. The predicted molar refractivity (Wildman–Crippen MR) is 76.4 cm³/mol. The zero-order chi connectivity index (χ0) is 14.4. The number of carbonyl (C=O) groups is 1. The Labute approximate surface area is 116 Å². The maximum atomic E-state index is 11.7. The van der Waals surface area contributed by atoms with Crippen molar-refractivity contribution >= 4 is 17.7 Å². The molecule has 1 aromatic heterocycles. The lowest BCUT2D eigenvalue weighted by Gasteiger charge is -2.11. The number of amides is 2. The van der Waals surface area contributed by atoms with Gasteiger partial charge in [-0.2, -0.15) is 5.10 Å². The van der Waals surface area contributed by atoms with Crippen molar-refractivity contribution in [3.8, 4) is 0 Å². The molecule has 2 amide bonds. The molecule has 0 aliphatic heterocycles. The first-order chi connectivity index (χ1) is 9.69. The summed E-state index contributed by atoms with van der Waals surface area (Å²) in [5.41, 5.74) is 1.84. The Morgan fingerprint density at radius 3 is 2.50 bits per heavy atom. The Morgan fingerprint density at radius 1 is 1.15 bits per heavy atom. The molecular weight excluding hydrogens is 256 g/mol. The number of nitrogens with one attached hydrogen (secondary N) is 3. The first-order valence-corrected chi connectivity index (χ1v) is 6.18. The van der Waals surface area contributed by atoms with Gasteiger partial charge in [0.1, 0.15) is 0 Å². The maximum absolute atomic E-state index is 11.7. The van der Waals surface area contributed by atoms with Gasteiger partial charge in [-0.15, -0.1) is 5.10 Å². The fourth-order valence-electron chi connectivity index (χ4n) is 1.59. The molecule has 1 aromatic carbocycles. The van der Waals surface area contributed by atoms with E-state index in [4.69, 9.17) is 0 Å². The van der Waals surface area contributed by atoms with E-state index in [1.807, 2.05) is 31.3 Å². The second kappa shape index (κ2) is 6.58. The van der Waals surface area contributed by atoms with Gasteiger partial charge >= 0.3 is 6.03 Å². The highest BCUT2D eigenvalue weighted by molar-refractivity contribution is 5.98. The number of carbonyl (C=O) groups excluding carboxylic acids is 1. The molecule has 3 N–H and O–H groups in total. The molecule has 104 valence electrons. The Morgan fingerprint density at radius 2 is 1.90 bits per heavy atom. The lowest BCUT2D eigenvalue weighted by atomic mass is 10.1. The number of hydrogen-bond donors (Lipinski definition) is 3. The van der Waals surface area contributed by atoms with Crippen LogP contribution in [-0.2, 0) is 0 Å². The van der Waals surface area contributed by atoms with E-state index in [2.05, 4.69) is 38.1 Å². The number of benzene rings is 1. The van der Waals surface area contributed by atoms with Gasteiger partial charge in [-0.05, 0) is 31.7 Å². The van der Waals surface area contributed by atoms with Gasteiger partial charge < -0.3 is 10.6 Å². The monoisotopic (exact) mass is 272 g/mol. The average Bonchev–Trinajstić information content (AvgIpc) is 2.48. The third-order valence-corrected chi connectivity index (χ3v) is 2.81. The third-order valence-electron chi connectivity index (χ3n) is 2.81. The number of hydrogen-bond acceptors (Lipinski definition) is 5. The van der Waals surface area contributed by atoms with Crippen LogP contribution < -0.4 is 16.0 Å². The molecule has 0 radical (unpaired) electrons. The summed E-state index contributed by atoms with van der Waals surface area (Å²) in [6, 6.07) is 7.45. The molecule has 0 saturated heterocycles. The summed E-state index contributed by atoms with van der Waals surface area (Å²) in [5, 5.41) is 15.6. The molecule has 0 aliphatic rings. The van der Waals surface area contributed by atoms with Crippen molar-refractivity contribution in [3.63, 3.8) is 0 Å². The van der Waals surface area contributed by atoms with Crippen molar-refractivity contribution < 1.29 is 4.79 Å². The zero-order valence-electron chi connectivity index (χ0n) is 11.3. The number of anilines is 2. The smallest absolute Gasteiger partial charge is 0.313 e. The third kappa shape index (κ3) is 3.72. The summed E-state index contributed by atoms with van der Waals surface area (Å²) >= 11 is 0. The minimum Gasteiger partial charge on any atom is -0.313 e. The molecule has 20 heavy (non-hydrogen) atoms. The van der Waals surface area contributed by atoms with Crippen molar-refractivity contribution in [1.82, 2.24) is 20.5 Å². The molecule has 7 heteroatoms. The fourth-order valence-corrected chi connectivity index (χ4v) is 1.59. The maximum Gasteiger partial charge on any atom is 0.326 e. The molecule has 1 atom stereocenters. The number of urea groups is 1. The van der Waals surface area contributed by atoms with Crippen molar-refractivity contribution in [1.29, 1.82) is 0 Å². The number of rotatable bonds is 4. The summed E-state index contributed by atoms with van der Waals surface area (Å²) in [5.74, 6) is 0.158. The first-order valence-electron chi connectivity index (χ1n) is 6.18. The minimum absolute atomic E-state index is 0.158. The van der Waals surface area contributed by atoms with E-state index in [1.54, 1.807) is 0 Å². The first kappa shape index (κ1) is 13.9. The normalized spacial score (nSPS) is 11.7. The van der Waals surface area contributed by atoms with Crippen molar-refractivity contribution in [2.24, 2.45) is 0 Å². The zero-order valence-corrected chi connectivity index (χ0v) is 11.3. The molecule has 0 saturated carbocycles. The second-order valence-electron chi connectivity index (χ2n) is 4.18. The van der Waals surface area contributed by atoms with E-state index < -0.39 is 6.03 Å². The number of nitrogens with zero attached hydrogens (tertiary/aromatic N) is 3. The Kier molecular flexibility index (Phi) is 4.56. The van der Waals surface area contributed by atoms with E-state index >= 15 is 0 Å². The van der Waals surface area contributed by atoms with Gasteiger partial charge in [0.25, 0.3) is 5.95 Å². The van der Waals surface area contributed by atoms with Crippen LogP contribution in [0.2, 0.25) is 0 Å². The topological polar surface area (TPSA) is 91.8 Å². The molecule has 2 rings (SSSR count). The predicted octanol–water partition coefficient (Wildman–Crippen LogP) is 1.80. The van der Waals surface area contributed by atoms with Crippen LogP contribution in [0.25, 0.3) is 0 Å². The summed E-state index contributed by atoms with van der Waals surface area (Å²) in [4.78, 5) is 15.6. The van der Waals surface area contributed by atoms with E-state index in [0.717, 1.165) is 5.56 Å². The highest BCUT2D eigenvalue weighted by Gasteiger charge is 2.06. The van der Waals surface area contributed by atoms with Gasteiger partial charge in [0.15, 0.2) is 0 Å². The van der Waals surface area contributed by atoms with Crippen molar-refractivity contribution in [2.45, 2.75) is 13.0 Å². The largest absolute Gasteiger partial charge is 0.326 e. The van der Waals surface area contributed by atoms with E-state index in [0.29, 0.717) is 5.69 Å². The molecule has 2 aromatic rings. The quantitative estimate of drug-likeness (QED) is 0.789. The summed E-state index contributed by atoms with van der Waals surface area (Å²) in [6.45, 7) is 2.06. The van der Waals surface area contributed by atoms with Crippen LogP contribution in [0.5, 0.6) is 0 Å². The average molecular weight is 272 g/mol. The lowest BCUT2D eigenvalue weighted by molar-refractivity contribution is 0.262. The van der Waals surface area contributed by atoms with Gasteiger partial charge in [-0.3, -0.25) is 5.32 Å². The van der Waals surface area contributed by atoms with Crippen LogP contribution >= 0.6 is 0 Å². The SMILES string of the molecule is CNC(C)c1ccc(NC(=O)Nc2nccnn2)cc1. The molecular formula is C13H16N6O.